The van der Waals surface area contributed by atoms with Gasteiger partial charge < -0.3 is 9.47 Å². The Morgan fingerprint density at radius 2 is 1.37 bits per heavy atom. The molecule has 0 unspecified atom stereocenters. The molecule has 0 atom stereocenters. The molecule has 4 nitrogen and oxygen atoms in total. The minimum atomic E-state index is 0.669. The van der Waals surface area contributed by atoms with Crippen LogP contribution < -0.4 is 0 Å². The van der Waals surface area contributed by atoms with Gasteiger partial charge in [-0.15, -0.1) is 5.73 Å². The van der Waals surface area contributed by atoms with Crippen molar-refractivity contribution in [3.8, 4) is 11.1 Å². The van der Waals surface area contributed by atoms with Crippen LogP contribution in [0.3, 0.4) is 0 Å². The van der Waals surface area contributed by atoms with Crippen LogP contribution in [-0.2, 0) is 22.3 Å². The van der Waals surface area contributed by atoms with Crippen molar-refractivity contribution in [1.82, 2.24) is 0 Å². The highest BCUT2D eigenvalue weighted by Crippen LogP contribution is 2.36. The zero-order valence-electron chi connectivity index (χ0n) is 21.5. The second kappa shape index (κ2) is 9.96. The van der Waals surface area contributed by atoms with Crippen LogP contribution in [-0.4, -0.2) is 38.1 Å². The van der Waals surface area contributed by atoms with Crippen LogP contribution >= 0.6 is 0 Å². The van der Waals surface area contributed by atoms with Crippen LogP contribution in [0.5, 0.6) is 0 Å². The molecule has 5 aliphatic carbocycles. The van der Waals surface area contributed by atoms with Crippen molar-refractivity contribution in [1.29, 1.82) is 0 Å². The lowest BCUT2D eigenvalue weighted by Gasteiger charge is -2.20. The van der Waals surface area contributed by atoms with Gasteiger partial charge in [-0.2, -0.15) is 0 Å². The van der Waals surface area contributed by atoms with Gasteiger partial charge in [-0.05, 0) is 95.3 Å². The van der Waals surface area contributed by atoms with E-state index in [4.69, 9.17) is 9.47 Å². The first kappa shape index (κ1) is 23.0. The highest BCUT2D eigenvalue weighted by atomic mass is 16.5. The fraction of sp³-hybridized carbons (Fsp3) is 0.265. The minimum Gasteiger partial charge on any atom is -0.476 e. The highest BCUT2D eigenvalue weighted by Gasteiger charge is 2.19. The largest absolute Gasteiger partial charge is 0.476 e. The summed E-state index contributed by atoms with van der Waals surface area (Å²) in [7, 11) is 0. The van der Waals surface area contributed by atoms with E-state index in [9.17, 15) is 0 Å². The Balaban J connectivity index is 1.24. The molecule has 0 amide bonds. The molecule has 0 fully saturated rings. The summed E-state index contributed by atoms with van der Waals surface area (Å²) in [6.07, 6.45) is 7.37. The zero-order chi connectivity index (χ0) is 25.3. The third-order valence-electron chi connectivity index (χ3n) is 7.76. The Kier molecular flexibility index (Phi) is 6.03. The molecule has 4 bridgehead atoms. The van der Waals surface area contributed by atoms with Gasteiger partial charge in [-0.1, -0.05) is 48.5 Å². The normalized spacial score (nSPS) is 18.4. The van der Waals surface area contributed by atoms with E-state index in [1.165, 1.54) is 44.5 Å². The van der Waals surface area contributed by atoms with Gasteiger partial charge in [-0.3, -0.25) is 0 Å². The molecule has 4 heteroatoms. The van der Waals surface area contributed by atoms with Crippen molar-refractivity contribution in [3.63, 3.8) is 0 Å². The number of rotatable bonds is 4. The lowest BCUT2D eigenvalue weighted by Crippen LogP contribution is -2.05. The first-order chi connectivity index (χ1) is 18.8. The molecular formula is C34H30N2O2. The van der Waals surface area contributed by atoms with Gasteiger partial charge in [0, 0.05) is 16.7 Å². The van der Waals surface area contributed by atoms with Crippen LogP contribution in [0.1, 0.15) is 47.1 Å². The number of aliphatic imine (C=N–C) groups is 2. The van der Waals surface area contributed by atoms with Crippen LogP contribution in [0.4, 0.5) is 0 Å². The maximum absolute atomic E-state index is 5.75. The monoisotopic (exact) mass is 498 g/mol. The van der Waals surface area contributed by atoms with Crippen LogP contribution in [0.25, 0.3) is 16.7 Å². The Morgan fingerprint density at radius 1 is 0.658 bits per heavy atom. The van der Waals surface area contributed by atoms with Gasteiger partial charge >= 0.3 is 0 Å². The van der Waals surface area contributed by atoms with E-state index >= 15 is 0 Å². The van der Waals surface area contributed by atoms with Crippen molar-refractivity contribution in [2.24, 2.45) is 9.98 Å². The van der Waals surface area contributed by atoms with Crippen LogP contribution in [0.15, 0.2) is 99.7 Å². The molecule has 3 aromatic rings. The fourth-order valence-corrected chi connectivity index (χ4v) is 5.78. The van der Waals surface area contributed by atoms with Gasteiger partial charge in [0.05, 0.1) is 13.1 Å². The second-order valence-corrected chi connectivity index (χ2v) is 10.3. The molecule has 2 aliphatic heterocycles. The van der Waals surface area contributed by atoms with Crippen molar-refractivity contribution in [3.05, 3.63) is 118 Å². The summed E-state index contributed by atoms with van der Waals surface area (Å²) in [5.41, 5.74) is 16.4. The summed E-state index contributed by atoms with van der Waals surface area (Å²) in [6, 6.07) is 24.3. The van der Waals surface area contributed by atoms with Crippen LogP contribution in [0.2, 0.25) is 0 Å². The molecule has 0 N–H and O–H groups in total. The Labute approximate surface area is 223 Å². The summed E-state index contributed by atoms with van der Waals surface area (Å²) in [6.45, 7) is 2.82. The molecule has 10 rings (SSSR count). The first-order valence-corrected chi connectivity index (χ1v) is 13.7. The molecular weight excluding hydrogens is 468 g/mol. The van der Waals surface area contributed by atoms with E-state index in [1.807, 2.05) is 0 Å². The van der Waals surface area contributed by atoms with Gasteiger partial charge in [0.1, 0.15) is 13.2 Å². The average molecular weight is 499 g/mol. The fourth-order valence-electron chi connectivity index (χ4n) is 5.78. The predicted molar refractivity (Wildman–Crippen MR) is 153 cm³/mol. The average Bonchev–Trinajstić information content (AvgIpc) is 3.70. The quantitative estimate of drug-likeness (QED) is 0.375. The molecule has 2 heterocycles. The number of allylic oxidation sites excluding steroid dienone is 3. The molecule has 7 aliphatic rings. The van der Waals surface area contributed by atoms with Gasteiger partial charge in [-0.25, -0.2) is 9.98 Å². The molecule has 3 aromatic carbocycles. The van der Waals surface area contributed by atoms with Gasteiger partial charge in [0.2, 0.25) is 11.8 Å². The standard InChI is InChI=1S/C34H30N2O2/c1-3-27(21-29(5-1)33-35-15-17-37-33)31-19-23-7-8-24-10-12-26(14-13-25(31)11-9-23)32(20-24)28-4-2-6-30(22-28)34-36-16-18-38-34/h1-6,9,11-12,19,21-22H,7-8,10,13-18H2. The topological polar surface area (TPSA) is 43.2 Å². The lowest BCUT2D eigenvalue weighted by molar-refractivity contribution is 0.348. The smallest absolute Gasteiger partial charge is 0.216 e. The molecule has 0 spiro atoms. The minimum absolute atomic E-state index is 0.669. The number of ether oxygens (including phenoxy) is 2. The molecule has 0 saturated heterocycles. The van der Waals surface area contributed by atoms with E-state index in [1.54, 1.807) is 0 Å². The van der Waals surface area contributed by atoms with Gasteiger partial charge in [0.15, 0.2) is 0 Å². The third kappa shape index (κ3) is 4.53. The second-order valence-electron chi connectivity index (χ2n) is 10.3. The summed E-state index contributed by atoms with van der Waals surface area (Å²) >= 11 is 0. The van der Waals surface area contributed by atoms with E-state index in [0.29, 0.717) is 13.2 Å². The summed E-state index contributed by atoms with van der Waals surface area (Å²) in [4.78, 5) is 9.06. The highest BCUT2D eigenvalue weighted by molar-refractivity contribution is 5.97. The molecule has 0 radical (unpaired) electrons. The van der Waals surface area contributed by atoms with E-state index in [2.05, 4.69) is 88.5 Å². The zero-order valence-corrected chi connectivity index (χ0v) is 21.5. The van der Waals surface area contributed by atoms with Crippen molar-refractivity contribution >= 4 is 17.4 Å². The number of aryl methyl sites for hydroxylation is 2. The van der Waals surface area contributed by atoms with E-state index < -0.39 is 0 Å². The maximum atomic E-state index is 5.75. The Bertz CT molecular complexity index is 1580. The van der Waals surface area contributed by atoms with Crippen molar-refractivity contribution in [2.75, 3.05) is 26.3 Å². The van der Waals surface area contributed by atoms with Crippen molar-refractivity contribution in [2.45, 2.75) is 32.1 Å². The molecule has 0 aromatic heterocycles. The van der Waals surface area contributed by atoms with E-state index in [-0.39, 0.29) is 0 Å². The SMILES string of the molecule is C1=C2CC=C(CCc3ccc(cc3-c3cccc(C4=NCCO4)c3)CC2)C=1c1cccc(C2=NCCO2)c1. The molecule has 0 saturated carbocycles. The number of benzene rings is 3. The Morgan fingerprint density at radius 3 is 2.11 bits per heavy atom. The van der Waals surface area contributed by atoms with Gasteiger partial charge in [0.25, 0.3) is 0 Å². The third-order valence-corrected chi connectivity index (χ3v) is 7.76. The van der Waals surface area contributed by atoms with E-state index in [0.717, 1.165) is 68.1 Å². The predicted octanol–water partition coefficient (Wildman–Crippen LogP) is 6.73. The first-order valence-electron chi connectivity index (χ1n) is 13.7. The lowest BCUT2D eigenvalue weighted by atomic mass is 9.84. The summed E-state index contributed by atoms with van der Waals surface area (Å²) < 4.78 is 11.5. The van der Waals surface area contributed by atoms with Crippen LogP contribution in [0, 0.1) is 0 Å². The Hall–Kier alpha value is -4.14. The number of hydrogen-bond acceptors (Lipinski definition) is 4. The molecule has 188 valence electrons. The number of nitrogens with zero attached hydrogens (tertiary/aromatic N) is 2. The summed E-state index contributed by atoms with van der Waals surface area (Å²) in [5, 5.41) is 0. The maximum Gasteiger partial charge on any atom is 0.216 e. The molecule has 38 heavy (non-hydrogen) atoms. The summed E-state index contributed by atoms with van der Waals surface area (Å²) in [5.74, 6) is 1.52. The van der Waals surface area contributed by atoms with Crippen molar-refractivity contribution < 1.29 is 9.47 Å². The number of hydrogen-bond donors (Lipinski definition) is 0.